The van der Waals surface area contributed by atoms with E-state index in [1.807, 2.05) is 41.0 Å². The zero-order valence-corrected chi connectivity index (χ0v) is 22.2. The van der Waals surface area contributed by atoms with Crippen LogP contribution in [0.2, 0.25) is 0 Å². The van der Waals surface area contributed by atoms with Crippen LogP contribution in [0.3, 0.4) is 0 Å². The summed E-state index contributed by atoms with van der Waals surface area (Å²) in [7, 11) is 0. The molecular weight excluding hydrogens is 436 g/mol. The highest BCUT2D eigenvalue weighted by Gasteiger charge is 2.44. The molecule has 0 aromatic heterocycles. The van der Waals surface area contributed by atoms with Gasteiger partial charge in [0, 0.05) is 50.9 Å². The highest BCUT2D eigenvalue weighted by molar-refractivity contribution is 5.98. The van der Waals surface area contributed by atoms with Gasteiger partial charge in [-0.1, -0.05) is 50.8 Å². The van der Waals surface area contributed by atoms with Crippen molar-refractivity contribution >= 4 is 11.8 Å². The molecule has 1 aromatic carbocycles. The quantitative estimate of drug-likeness (QED) is 0.640. The summed E-state index contributed by atoms with van der Waals surface area (Å²) in [6, 6.07) is 7.69. The van der Waals surface area contributed by atoms with Crippen molar-refractivity contribution in [3.63, 3.8) is 0 Å². The number of hydrogen-bond donors (Lipinski definition) is 1. The van der Waals surface area contributed by atoms with E-state index in [4.69, 9.17) is 0 Å². The van der Waals surface area contributed by atoms with E-state index in [2.05, 4.69) is 24.1 Å². The number of nitrogens with one attached hydrogen (secondary N) is 1. The molecule has 1 aromatic rings. The first-order chi connectivity index (χ1) is 16.9. The van der Waals surface area contributed by atoms with Gasteiger partial charge in [-0.2, -0.15) is 0 Å². The van der Waals surface area contributed by atoms with Crippen LogP contribution >= 0.6 is 0 Å². The maximum absolute atomic E-state index is 13.8. The van der Waals surface area contributed by atoms with Crippen LogP contribution in [-0.4, -0.2) is 84.4 Å². The van der Waals surface area contributed by atoms with E-state index >= 15 is 0 Å². The van der Waals surface area contributed by atoms with Crippen LogP contribution in [0.4, 0.5) is 0 Å². The molecule has 6 nitrogen and oxygen atoms in total. The van der Waals surface area contributed by atoms with Crippen LogP contribution in [0.5, 0.6) is 0 Å². The summed E-state index contributed by atoms with van der Waals surface area (Å²) in [5, 5.41) is 3.40. The molecule has 1 N–H and O–H groups in total. The van der Waals surface area contributed by atoms with Crippen molar-refractivity contribution in [2.24, 2.45) is 11.8 Å². The molecule has 3 fully saturated rings. The highest BCUT2D eigenvalue weighted by Crippen LogP contribution is 2.30. The number of hydrogen-bond acceptors (Lipinski definition) is 4. The molecule has 2 amide bonds. The van der Waals surface area contributed by atoms with E-state index in [0.717, 1.165) is 63.6 Å². The van der Waals surface area contributed by atoms with E-state index in [-0.39, 0.29) is 23.9 Å². The lowest BCUT2D eigenvalue weighted by atomic mass is 9.88. The van der Waals surface area contributed by atoms with Crippen molar-refractivity contribution in [3.05, 3.63) is 35.4 Å². The Morgan fingerprint density at radius 1 is 1.03 bits per heavy atom. The second-order valence-electron chi connectivity index (χ2n) is 11.5. The first kappa shape index (κ1) is 26.2. The van der Waals surface area contributed by atoms with Gasteiger partial charge in [0.05, 0.1) is 0 Å². The summed E-state index contributed by atoms with van der Waals surface area (Å²) in [6.07, 6.45) is 8.39. The zero-order valence-electron chi connectivity index (χ0n) is 22.2. The Hall–Kier alpha value is -1.92. The maximum atomic E-state index is 13.8. The Kier molecular flexibility index (Phi) is 9.23. The summed E-state index contributed by atoms with van der Waals surface area (Å²) >= 11 is 0. The lowest BCUT2D eigenvalue weighted by molar-refractivity contribution is -0.135. The normalized spacial score (nSPS) is 24.3. The summed E-state index contributed by atoms with van der Waals surface area (Å²) in [4.78, 5) is 34.1. The van der Waals surface area contributed by atoms with Gasteiger partial charge in [0.1, 0.15) is 6.04 Å². The molecule has 2 unspecified atom stereocenters. The van der Waals surface area contributed by atoms with Crippen LogP contribution in [0.15, 0.2) is 24.3 Å². The predicted molar refractivity (Wildman–Crippen MR) is 141 cm³/mol. The topological polar surface area (TPSA) is 55.9 Å². The number of nitrogens with zero attached hydrogens (tertiary/aromatic N) is 3. The molecule has 194 valence electrons. The molecule has 1 saturated carbocycles. The number of benzene rings is 1. The van der Waals surface area contributed by atoms with Crippen LogP contribution in [0.25, 0.3) is 0 Å². The average molecular weight is 483 g/mol. The van der Waals surface area contributed by atoms with Gasteiger partial charge in [-0.3, -0.25) is 14.5 Å². The molecule has 2 atom stereocenters. The molecule has 0 bridgehead atoms. The number of amides is 2. The molecule has 0 radical (unpaired) electrons. The monoisotopic (exact) mass is 482 g/mol. The fraction of sp³-hybridized carbons (Fsp3) is 0.724. The van der Waals surface area contributed by atoms with Gasteiger partial charge in [-0.05, 0) is 63.1 Å². The third-order valence-electron chi connectivity index (χ3n) is 8.11. The molecule has 1 aliphatic carbocycles. The standard InChI is InChI=1S/C29H46N4O2/c1-22(2)19-32(20-24-8-5-4-6-9-24)26-18-27(29(35)31-16-7-14-30-15-17-31)33(21-26)28(34)25-12-10-23(3)11-13-25/h10-13,22,24,26-27,30H,4-9,14-21H2,1-3H3. The minimum absolute atomic E-state index is 0.000889. The van der Waals surface area contributed by atoms with Crippen molar-refractivity contribution in [1.29, 1.82) is 0 Å². The molecule has 35 heavy (non-hydrogen) atoms. The number of rotatable bonds is 7. The van der Waals surface area contributed by atoms with Gasteiger partial charge in [-0.15, -0.1) is 0 Å². The van der Waals surface area contributed by atoms with Gasteiger partial charge in [0.15, 0.2) is 0 Å². The fourth-order valence-corrected chi connectivity index (χ4v) is 6.22. The number of likely N-dealkylation sites (tertiary alicyclic amines) is 1. The summed E-state index contributed by atoms with van der Waals surface area (Å²) in [5.41, 5.74) is 1.83. The SMILES string of the molecule is Cc1ccc(C(=O)N2CC(N(CC(C)C)CC3CCCCC3)CC2C(=O)N2CCCNCC2)cc1. The first-order valence-corrected chi connectivity index (χ1v) is 14.0. The maximum Gasteiger partial charge on any atom is 0.254 e. The molecule has 6 heteroatoms. The molecule has 3 aliphatic rings. The summed E-state index contributed by atoms with van der Waals surface area (Å²) in [6.45, 7) is 12.7. The van der Waals surface area contributed by atoms with Crippen LogP contribution in [0.1, 0.15) is 74.7 Å². The van der Waals surface area contributed by atoms with Crippen molar-refractivity contribution in [2.45, 2.75) is 77.8 Å². The van der Waals surface area contributed by atoms with Crippen molar-refractivity contribution < 1.29 is 9.59 Å². The third-order valence-corrected chi connectivity index (χ3v) is 8.11. The van der Waals surface area contributed by atoms with E-state index in [1.165, 1.54) is 32.1 Å². The van der Waals surface area contributed by atoms with E-state index in [9.17, 15) is 9.59 Å². The number of aryl methyl sites for hydroxylation is 1. The minimum atomic E-state index is -0.368. The van der Waals surface area contributed by atoms with Crippen molar-refractivity contribution in [2.75, 3.05) is 45.8 Å². The molecule has 2 saturated heterocycles. The molecule has 4 rings (SSSR count). The second kappa shape index (κ2) is 12.4. The Morgan fingerprint density at radius 3 is 2.49 bits per heavy atom. The highest BCUT2D eigenvalue weighted by atomic mass is 16.2. The van der Waals surface area contributed by atoms with Gasteiger partial charge in [-0.25, -0.2) is 0 Å². The largest absolute Gasteiger partial charge is 0.340 e. The van der Waals surface area contributed by atoms with Crippen LogP contribution in [-0.2, 0) is 4.79 Å². The molecule has 2 aliphatic heterocycles. The Balaban J connectivity index is 1.56. The van der Waals surface area contributed by atoms with Crippen molar-refractivity contribution in [1.82, 2.24) is 20.0 Å². The van der Waals surface area contributed by atoms with E-state index in [0.29, 0.717) is 18.0 Å². The van der Waals surface area contributed by atoms with E-state index < -0.39 is 0 Å². The lowest BCUT2D eigenvalue weighted by Crippen LogP contribution is -2.48. The third kappa shape index (κ3) is 6.85. The van der Waals surface area contributed by atoms with Crippen LogP contribution < -0.4 is 5.32 Å². The first-order valence-electron chi connectivity index (χ1n) is 14.0. The zero-order chi connectivity index (χ0) is 24.8. The Morgan fingerprint density at radius 2 is 1.77 bits per heavy atom. The number of carbonyl (C=O) groups is 2. The summed E-state index contributed by atoms with van der Waals surface area (Å²) < 4.78 is 0. The average Bonchev–Trinajstić information content (AvgIpc) is 3.11. The molecular formula is C29H46N4O2. The molecule has 0 spiro atoms. The Bertz CT molecular complexity index is 826. The van der Waals surface area contributed by atoms with E-state index in [1.54, 1.807) is 0 Å². The minimum Gasteiger partial charge on any atom is -0.340 e. The fourth-order valence-electron chi connectivity index (χ4n) is 6.22. The molecule has 2 heterocycles. The Labute approximate surface area is 212 Å². The smallest absolute Gasteiger partial charge is 0.254 e. The van der Waals surface area contributed by atoms with Crippen molar-refractivity contribution in [3.8, 4) is 0 Å². The van der Waals surface area contributed by atoms with Gasteiger partial charge < -0.3 is 15.1 Å². The van der Waals surface area contributed by atoms with Gasteiger partial charge in [0.2, 0.25) is 5.91 Å². The summed E-state index contributed by atoms with van der Waals surface area (Å²) in [5.74, 6) is 1.45. The predicted octanol–water partition coefficient (Wildman–Crippen LogP) is 3.94. The van der Waals surface area contributed by atoms with Crippen LogP contribution in [0, 0.1) is 18.8 Å². The second-order valence-corrected chi connectivity index (χ2v) is 11.5. The number of carbonyl (C=O) groups excluding carboxylic acids is 2. The van der Waals surface area contributed by atoms with Gasteiger partial charge >= 0.3 is 0 Å². The van der Waals surface area contributed by atoms with Gasteiger partial charge in [0.25, 0.3) is 5.91 Å². The lowest BCUT2D eigenvalue weighted by Gasteiger charge is -2.35.